The molecule has 24 heavy (non-hydrogen) atoms. The van der Waals surface area contributed by atoms with E-state index >= 15 is 0 Å². The van der Waals surface area contributed by atoms with Crippen molar-refractivity contribution >= 4 is 17.2 Å². The van der Waals surface area contributed by atoms with Crippen LogP contribution in [0.3, 0.4) is 0 Å². The molecule has 0 bridgehead atoms. The fourth-order valence-corrected chi connectivity index (χ4v) is 4.58. The van der Waals surface area contributed by atoms with E-state index in [2.05, 4.69) is 27.2 Å². The van der Waals surface area contributed by atoms with Gasteiger partial charge in [-0.2, -0.15) is 0 Å². The molecule has 0 aromatic carbocycles. The maximum Gasteiger partial charge on any atom is 0.222 e. The van der Waals surface area contributed by atoms with E-state index in [1.54, 1.807) is 11.3 Å². The first-order chi connectivity index (χ1) is 11.5. The van der Waals surface area contributed by atoms with Gasteiger partial charge in [0.05, 0.1) is 17.3 Å². The number of likely N-dealkylation sites (tertiary alicyclic amines) is 1. The smallest absolute Gasteiger partial charge is 0.222 e. The number of nitrogens with zero attached hydrogens (tertiary/aromatic N) is 4. The lowest BCUT2D eigenvalue weighted by atomic mass is 9.86. The lowest BCUT2D eigenvalue weighted by Gasteiger charge is -2.49. The zero-order valence-corrected chi connectivity index (χ0v) is 15.5. The van der Waals surface area contributed by atoms with Crippen LogP contribution in [0.1, 0.15) is 30.0 Å². The first-order valence-electron chi connectivity index (χ1n) is 8.76. The van der Waals surface area contributed by atoms with Gasteiger partial charge in [0.15, 0.2) is 0 Å². The first-order valence-corrected chi connectivity index (χ1v) is 9.64. The van der Waals surface area contributed by atoms with Crippen molar-refractivity contribution in [3.63, 3.8) is 0 Å². The second-order valence-electron chi connectivity index (χ2n) is 7.07. The van der Waals surface area contributed by atoms with E-state index in [4.69, 9.17) is 0 Å². The van der Waals surface area contributed by atoms with Gasteiger partial charge < -0.3 is 10.0 Å². The van der Waals surface area contributed by atoms with Crippen molar-refractivity contribution in [1.29, 1.82) is 0 Å². The number of piperazine rings is 1. The molecule has 3 rings (SSSR count). The standard InChI is InChI=1S/C17H28N4O2S/c1-14-18-15(12-24-14)11-20-8-7-19(2)17(13-20)4-3-16(23)21(6-5-17)9-10-22/h12,22H,3-11,13H2,1-2H3/t17-/m0/s1. The van der Waals surface area contributed by atoms with E-state index in [0.29, 0.717) is 13.0 Å². The van der Waals surface area contributed by atoms with Crippen molar-refractivity contribution in [2.24, 2.45) is 0 Å². The molecule has 1 spiro atoms. The molecule has 2 fully saturated rings. The third kappa shape index (κ3) is 3.79. The molecule has 1 aromatic rings. The highest BCUT2D eigenvalue weighted by Crippen LogP contribution is 2.32. The summed E-state index contributed by atoms with van der Waals surface area (Å²) in [6.45, 7) is 7.25. The van der Waals surface area contributed by atoms with Crippen molar-refractivity contribution < 1.29 is 9.90 Å². The quantitative estimate of drug-likeness (QED) is 0.874. The van der Waals surface area contributed by atoms with Crippen molar-refractivity contribution in [2.75, 3.05) is 46.4 Å². The van der Waals surface area contributed by atoms with Gasteiger partial charge in [-0.1, -0.05) is 0 Å². The Morgan fingerprint density at radius 3 is 2.88 bits per heavy atom. The fraction of sp³-hybridized carbons (Fsp3) is 0.765. The number of aromatic nitrogens is 1. The average Bonchev–Trinajstić information content (AvgIpc) is 2.90. The highest BCUT2D eigenvalue weighted by Gasteiger charge is 2.42. The van der Waals surface area contributed by atoms with Crippen LogP contribution in [0, 0.1) is 6.92 Å². The van der Waals surface area contributed by atoms with Crippen molar-refractivity contribution in [3.8, 4) is 0 Å². The Labute approximate surface area is 148 Å². The number of hydrogen-bond donors (Lipinski definition) is 1. The van der Waals surface area contributed by atoms with Crippen LogP contribution >= 0.6 is 11.3 Å². The molecule has 1 amide bonds. The highest BCUT2D eigenvalue weighted by atomic mass is 32.1. The van der Waals surface area contributed by atoms with Gasteiger partial charge in [-0.25, -0.2) is 4.98 Å². The maximum atomic E-state index is 12.3. The van der Waals surface area contributed by atoms with Crippen molar-refractivity contribution in [3.05, 3.63) is 16.1 Å². The Hall–Kier alpha value is -1.02. The Balaban J connectivity index is 1.69. The number of rotatable bonds is 4. The number of amides is 1. The predicted molar refractivity (Wildman–Crippen MR) is 95.0 cm³/mol. The topological polar surface area (TPSA) is 59.9 Å². The zero-order chi connectivity index (χ0) is 17.2. The molecule has 0 aliphatic carbocycles. The van der Waals surface area contributed by atoms with Crippen LogP contribution in [0.15, 0.2) is 5.38 Å². The molecule has 1 aromatic heterocycles. The molecule has 6 nitrogen and oxygen atoms in total. The summed E-state index contributed by atoms with van der Waals surface area (Å²) in [6.07, 6.45) is 2.45. The Morgan fingerprint density at radius 1 is 1.33 bits per heavy atom. The number of carbonyl (C=O) groups is 1. The minimum absolute atomic E-state index is 0.0455. The molecule has 0 radical (unpaired) electrons. The van der Waals surface area contributed by atoms with E-state index in [1.807, 2.05) is 11.8 Å². The molecular weight excluding hydrogens is 324 g/mol. The zero-order valence-electron chi connectivity index (χ0n) is 14.7. The van der Waals surface area contributed by atoms with E-state index in [9.17, 15) is 9.90 Å². The second-order valence-corrected chi connectivity index (χ2v) is 8.13. The lowest BCUT2D eigenvalue weighted by Crippen LogP contribution is -2.60. The Morgan fingerprint density at radius 2 is 2.17 bits per heavy atom. The second kappa shape index (κ2) is 7.47. The molecule has 2 saturated heterocycles. The largest absolute Gasteiger partial charge is 0.395 e. The molecule has 7 heteroatoms. The molecule has 1 atom stereocenters. The fourth-order valence-electron chi connectivity index (χ4n) is 3.98. The third-order valence-corrected chi connectivity index (χ3v) is 6.33. The summed E-state index contributed by atoms with van der Waals surface area (Å²) >= 11 is 1.71. The maximum absolute atomic E-state index is 12.3. The minimum atomic E-state index is 0.0455. The highest BCUT2D eigenvalue weighted by molar-refractivity contribution is 7.09. The molecular formula is C17H28N4O2S. The SMILES string of the molecule is Cc1nc(CN2CCN(C)[C@]3(CCC(=O)N(CCO)CC3)C2)cs1. The number of aliphatic hydroxyl groups is 1. The number of carbonyl (C=O) groups excluding carboxylic acids is 1. The van der Waals surface area contributed by atoms with Crippen LogP contribution in [-0.2, 0) is 11.3 Å². The van der Waals surface area contributed by atoms with Gasteiger partial charge in [0.25, 0.3) is 0 Å². The van der Waals surface area contributed by atoms with Crippen molar-refractivity contribution in [1.82, 2.24) is 19.7 Å². The van der Waals surface area contributed by atoms with Gasteiger partial charge in [0, 0.05) is 56.6 Å². The first kappa shape index (κ1) is 17.8. The third-order valence-electron chi connectivity index (χ3n) is 5.51. The minimum Gasteiger partial charge on any atom is -0.395 e. The van der Waals surface area contributed by atoms with Crippen LogP contribution in [0.4, 0.5) is 0 Å². The summed E-state index contributed by atoms with van der Waals surface area (Å²) in [6, 6.07) is 0. The Kier molecular flexibility index (Phi) is 5.54. The number of aliphatic hydroxyl groups excluding tert-OH is 1. The Bertz CT molecular complexity index is 579. The van der Waals surface area contributed by atoms with E-state index in [0.717, 1.165) is 56.3 Å². The molecule has 3 heterocycles. The van der Waals surface area contributed by atoms with Crippen LogP contribution in [0.5, 0.6) is 0 Å². The van der Waals surface area contributed by atoms with E-state index in [1.165, 1.54) is 0 Å². The van der Waals surface area contributed by atoms with Gasteiger partial charge in [-0.05, 0) is 26.8 Å². The monoisotopic (exact) mass is 352 g/mol. The molecule has 134 valence electrons. The van der Waals surface area contributed by atoms with Gasteiger partial charge in [-0.15, -0.1) is 11.3 Å². The van der Waals surface area contributed by atoms with Crippen LogP contribution in [0.2, 0.25) is 0 Å². The summed E-state index contributed by atoms with van der Waals surface area (Å²) in [5.74, 6) is 0.182. The molecule has 2 aliphatic heterocycles. The van der Waals surface area contributed by atoms with E-state index < -0.39 is 0 Å². The number of hydrogen-bond acceptors (Lipinski definition) is 6. The molecule has 1 N–H and O–H groups in total. The van der Waals surface area contributed by atoms with Crippen LogP contribution < -0.4 is 0 Å². The van der Waals surface area contributed by atoms with Gasteiger partial charge in [0.1, 0.15) is 0 Å². The number of thiazole rings is 1. The van der Waals surface area contributed by atoms with Crippen molar-refractivity contribution in [2.45, 2.75) is 38.3 Å². The number of β-amino-alcohol motifs (C(OH)–C–C–N with tert-alkyl or cyclic N) is 1. The van der Waals surface area contributed by atoms with Crippen LogP contribution in [0.25, 0.3) is 0 Å². The number of likely N-dealkylation sites (N-methyl/N-ethyl adjacent to an activating group) is 1. The van der Waals surface area contributed by atoms with E-state index in [-0.39, 0.29) is 18.1 Å². The summed E-state index contributed by atoms with van der Waals surface area (Å²) < 4.78 is 0. The summed E-state index contributed by atoms with van der Waals surface area (Å²) in [4.78, 5) is 23.6. The molecule has 0 saturated carbocycles. The normalized spacial score (nSPS) is 27.0. The summed E-state index contributed by atoms with van der Waals surface area (Å²) in [5, 5.41) is 12.4. The van der Waals surface area contributed by atoms with Gasteiger partial charge >= 0.3 is 0 Å². The number of aryl methyl sites for hydroxylation is 1. The summed E-state index contributed by atoms with van der Waals surface area (Å²) in [7, 11) is 2.19. The van der Waals surface area contributed by atoms with Gasteiger partial charge in [0.2, 0.25) is 5.91 Å². The lowest BCUT2D eigenvalue weighted by molar-refractivity contribution is -0.131. The van der Waals surface area contributed by atoms with Crippen LogP contribution in [-0.4, -0.2) is 82.6 Å². The van der Waals surface area contributed by atoms with Gasteiger partial charge in [-0.3, -0.25) is 14.6 Å². The summed E-state index contributed by atoms with van der Waals surface area (Å²) in [5.41, 5.74) is 1.22. The molecule has 0 unspecified atom stereocenters. The predicted octanol–water partition coefficient (Wildman–Crippen LogP) is 0.943. The average molecular weight is 353 g/mol. The molecule has 2 aliphatic rings.